The van der Waals surface area contributed by atoms with E-state index in [0.29, 0.717) is 5.92 Å². The van der Waals surface area contributed by atoms with Crippen LogP contribution in [0.15, 0.2) is 30.3 Å². The summed E-state index contributed by atoms with van der Waals surface area (Å²) < 4.78 is 0. The summed E-state index contributed by atoms with van der Waals surface area (Å²) >= 11 is 0. The van der Waals surface area contributed by atoms with E-state index < -0.39 is 0 Å². The summed E-state index contributed by atoms with van der Waals surface area (Å²) in [5.74, 6) is 2.59. The average Bonchev–Trinajstić information content (AvgIpc) is 3.09. The molecule has 3 nitrogen and oxygen atoms in total. The predicted molar refractivity (Wildman–Crippen MR) is 89.4 cm³/mol. The fourth-order valence-corrected chi connectivity index (χ4v) is 4.40. The van der Waals surface area contributed by atoms with Crippen LogP contribution in [0.25, 0.3) is 0 Å². The van der Waals surface area contributed by atoms with E-state index in [1.165, 1.54) is 31.2 Å². The lowest BCUT2D eigenvalue weighted by molar-refractivity contribution is -0.123. The number of rotatable bonds is 6. The highest BCUT2D eigenvalue weighted by Crippen LogP contribution is 2.49. The van der Waals surface area contributed by atoms with Crippen molar-refractivity contribution in [2.24, 2.45) is 17.8 Å². The second-order valence-corrected chi connectivity index (χ2v) is 7.43. The van der Waals surface area contributed by atoms with Gasteiger partial charge in [0.15, 0.2) is 0 Å². The highest BCUT2D eigenvalue weighted by atomic mass is 16.1. The van der Waals surface area contributed by atoms with Crippen LogP contribution >= 0.6 is 0 Å². The van der Waals surface area contributed by atoms with Gasteiger partial charge < -0.3 is 10.2 Å². The highest BCUT2D eigenvalue weighted by molar-refractivity contribution is 5.76. The van der Waals surface area contributed by atoms with Gasteiger partial charge in [-0.15, -0.1) is 0 Å². The molecule has 0 aliphatic heterocycles. The Morgan fingerprint density at radius 3 is 2.59 bits per heavy atom. The van der Waals surface area contributed by atoms with Gasteiger partial charge in [-0.3, -0.25) is 4.79 Å². The third-order valence-electron chi connectivity index (χ3n) is 5.42. The number of carbonyl (C=O) groups is 1. The Hall–Kier alpha value is -1.35. The molecule has 22 heavy (non-hydrogen) atoms. The summed E-state index contributed by atoms with van der Waals surface area (Å²) in [7, 11) is 4.11. The summed E-state index contributed by atoms with van der Waals surface area (Å²) in [5, 5.41) is 3.27. The lowest BCUT2D eigenvalue weighted by Crippen LogP contribution is -2.36. The van der Waals surface area contributed by atoms with E-state index in [1.54, 1.807) is 0 Å². The Morgan fingerprint density at radius 2 is 2.00 bits per heavy atom. The topological polar surface area (TPSA) is 32.3 Å². The molecule has 0 radical (unpaired) electrons. The number of benzene rings is 1. The molecule has 2 aliphatic carbocycles. The maximum Gasteiger partial charge on any atom is 0.220 e. The van der Waals surface area contributed by atoms with Crippen molar-refractivity contribution in [1.82, 2.24) is 10.2 Å². The first-order chi connectivity index (χ1) is 10.6. The Bertz CT molecular complexity index is 499. The number of hydrogen-bond acceptors (Lipinski definition) is 2. The standard InChI is InChI=1S/C19H28N2O/c1-21(2)13-18(15-6-4-3-5-7-15)20-19(22)12-17-11-14-8-9-16(17)10-14/h3-7,14,16-18H,8-13H2,1-2H3,(H,20,22)/t14-,16-,17+,18-/m0/s1. The van der Waals surface area contributed by atoms with Crippen LogP contribution in [0.3, 0.4) is 0 Å². The van der Waals surface area contributed by atoms with Crippen LogP contribution in [-0.2, 0) is 4.79 Å². The molecule has 0 aromatic heterocycles. The Morgan fingerprint density at radius 1 is 1.23 bits per heavy atom. The third-order valence-corrected chi connectivity index (χ3v) is 5.42. The first-order valence-electron chi connectivity index (χ1n) is 8.61. The van der Waals surface area contributed by atoms with Crippen molar-refractivity contribution in [1.29, 1.82) is 0 Å². The molecule has 0 unspecified atom stereocenters. The molecule has 0 saturated heterocycles. The molecule has 1 aromatic rings. The third kappa shape index (κ3) is 3.70. The highest BCUT2D eigenvalue weighted by Gasteiger charge is 2.40. The summed E-state index contributed by atoms with van der Waals surface area (Å²) in [5.41, 5.74) is 1.19. The first-order valence-corrected chi connectivity index (χ1v) is 8.61. The summed E-state index contributed by atoms with van der Waals surface area (Å²) in [4.78, 5) is 14.6. The molecular weight excluding hydrogens is 272 g/mol. The second-order valence-electron chi connectivity index (χ2n) is 7.43. The van der Waals surface area contributed by atoms with Gasteiger partial charge in [0.1, 0.15) is 0 Å². The van der Waals surface area contributed by atoms with Crippen LogP contribution in [0.4, 0.5) is 0 Å². The van der Waals surface area contributed by atoms with Crippen molar-refractivity contribution in [3.63, 3.8) is 0 Å². The molecule has 1 amide bonds. The SMILES string of the molecule is CN(C)C[C@H](NC(=O)C[C@H]1C[C@H]2CC[C@H]1C2)c1ccccc1. The van der Waals surface area contributed by atoms with Crippen molar-refractivity contribution in [2.75, 3.05) is 20.6 Å². The Labute approximate surface area is 134 Å². The van der Waals surface area contributed by atoms with E-state index >= 15 is 0 Å². The zero-order chi connectivity index (χ0) is 15.5. The van der Waals surface area contributed by atoms with Crippen molar-refractivity contribution < 1.29 is 4.79 Å². The molecule has 3 rings (SSSR count). The molecule has 4 atom stereocenters. The molecule has 1 N–H and O–H groups in total. The smallest absolute Gasteiger partial charge is 0.220 e. The lowest BCUT2D eigenvalue weighted by atomic mass is 9.86. The molecule has 1 aromatic carbocycles. The molecule has 3 heteroatoms. The second kappa shape index (κ2) is 6.82. The van der Waals surface area contributed by atoms with Gasteiger partial charge in [-0.1, -0.05) is 36.8 Å². The van der Waals surface area contributed by atoms with Crippen LogP contribution in [0, 0.1) is 17.8 Å². The van der Waals surface area contributed by atoms with Crippen molar-refractivity contribution >= 4 is 5.91 Å². The van der Waals surface area contributed by atoms with Gasteiger partial charge >= 0.3 is 0 Å². The minimum absolute atomic E-state index is 0.0855. The van der Waals surface area contributed by atoms with Crippen LogP contribution in [0.1, 0.15) is 43.7 Å². The predicted octanol–water partition coefficient (Wildman–Crippen LogP) is 3.23. The largest absolute Gasteiger partial charge is 0.348 e. The van der Waals surface area contributed by atoms with Gasteiger partial charge in [-0.2, -0.15) is 0 Å². The number of nitrogens with zero attached hydrogens (tertiary/aromatic N) is 1. The van der Waals surface area contributed by atoms with E-state index in [1.807, 2.05) is 18.2 Å². The van der Waals surface area contributed by atoms with Crippen LogP contribution in [0.2, 0.25) is 0 Å². The minimum atomic E-state index is 0.0855. The molecule has 120 valence electrons. The zero-order valence-corrected chi connectivity index (χ0v) is 13.8. The summed E-state index contributed by atoms with van der Waals surface area (Å²) in [6.45, 7) is 0.840. The minimum Gasteiger partial charge on any atom is -0.348 e. The molecule has 0 spiro atoms. The van der Waals surface area contributed by atoms with E-state index in [4.69, 9.17) is 0 Å². The van der Waals surface area contributed by atoms with Gasteiger partial charge in [-0.25, -0.2) is 0 Å². The van der Waals surface area contributed by atoms with E-state index in [0.717, 1.165) is 24.8 Å². The van der Waals surface area contributed by atoms with Crippen molar-refractivity contribution in [3.8, 4) is 0 Å². The van der Waals surface area contributed by atoms with Gasteiger partial charge in [0, 0.05) is 13.0 Å². The number of likely N-dealkylation sites (N-methyl/N-ethyl adjacent to an activating group) is 1. The number of hydrogen-bond donors (Lipinski definition) is 1. The van der Waals surface area contributed by atoms with Crippen LogP contribution in [-0.4, -0.2) is 31.4 Å². The number of fused-ring (bicyclic) bond motifs is 2. The maximum absolute atomic E-state index is 12.5. The Balaban J connectivity index is 1.59. The fourth-order valence-electron chi connectivity index (χ4n) is 4.40. The van der Waals surface area contributed by atoms with E-state index in [-0.39, 0.29) is 11.9 Å². The first kappa shape index (κ1) is 15.5. The molecule has 2 saturated carbocycles. The van der Waals surface area contributed by atoms with Gasteiger partial charge in [0.2, 0.25) is 5.91 Å². The number of nitrogens with one attached hydrogen (secondary N) is 1. The van der Waals surface area contributed by atoms with Gasteiger partial charge in [0.25, 0.3) is 0 Å². The number of amides is 1. The van der Waals surface area contributed by atoms with Gasteiger partial charge in [0.05, 0.1) is 6.04 Å². The maximum atomic E-state index is 12.5. The molecule has 2 aliphatic rings. The average molecular weight is 300 g/mol. The number of carbonyl (C=O) groups excluding carboxylic acids is 1. The molecular formula is C19H28N2O. The summed E-state index contributed by atoms with van der Waals surface area (Å²) in [6, 6.07) is 10.4. The normalized spacial score (nSPS) is 28.0. The molecule has 2 bridgehead atoms. The summed E-state index contributed by atoms with van der Waals surface area (Å²) in [6.07, 6.45) is 6.12. The lowest BCUT2D eigenvalue weighted by Gasteiger charge is -2.25. The van der Waals surface area contributed by atoms with Crippen LogP contribution in [0.5, 0.6) is 0 Å². The molecule has 0 heterocycles. The fraction of sp³-hybridized carbons (Fsp3) is 0.632. The quantitative estimate of drug-likeness (QED) is 0.875. The zero-order valence-electron chi connectivity index (χ0n) is 13.8. The van der Waals surface area contributed by atoms with Crippen molar-refractivity contribution in [2.45, 2.75) is 38.1 Å². The Kier molecular flexibility index (Phi) is 4.82. The van der Waals surface area contributed by atoms with Gasteiger partial charge in [-0.05, 0) is 56.7 Å². The monoisotopic (exact) mass is 300 g/mol. The van der Waals surface area contributed by atoms with E-state index in [2.05, 4.69) is 36.4 Å². The molecule has 2 fully saturated rings. The van der Waals surface area contributed by atoms with Crippen molar-refractivity contribution in [3.05, 3.63) is 35.9 Å². The van der Waals surface area contributed by atoms with E-state index in [9.17, 15) is 4.79 Å². The van der Waals surface area contributed by atoms with Crippen LogP contribution < -0.4 is 5.32 Å².